The van der Waals surface area contributed by atoms with E-state index in [1.807, 2.05) is 49.4 Å². The first-order valence-electron chi connectivity index (χ1n) is 13.5. The minimum Gasteiger partial charge on any atom is -0.323 e. The van der Waals surface area contributed by atoms with E-state index >= 15 is 0 Å². The maximum Gasteiger partial charge on any atom is 0.248 e. The summed E-state index contributed by atoms with van der Waals surface area (Å²) in [6.45, 7) is 11.0. The summed E-state index contributed by atoms with van der Waals surface area (Å²) in [7, 11) is 0. The zero-order valence-corrected chi connectivity index (χ0v) is 22.9. The summed E-state index contributed by atoms with van der Waals surface area (Å²) in [6.07, 6.45) is 19.2. The van der Waals surface area contributed by atoms with E-state index in [1.165, 1.54) is 40.8 Å². The van der Waals surface area contributed by atoms with E-state index in [4.69, 9.17) is 4.98 Å². The van der Waals surface area contributed by atoms with Gasteiger partial charge in [0.25, 0.3) is 0 Å². The van der Waals surface area contributed by atoms with Gasteiger partial charge in [0, 0.05) is 29.6 Å². The molecular weight excluding hydrogens is 452 g/mol. The van der Waals surface area contributed by atoms with Gasteiger partial charge >= 0.3 is 0 Å². The molecule has 1 fully saturated rings. The van der Waals surface area contributed by atoms with Crippen LogP contribution in [0.25, 0.3) is 0 Å². The zero-order valence-electron chi connectivity index (χ0n) is 22.9. The number of nitrogens with one attached hydrogen (secondary N) is 1. The molecule has 1 amide bonds. The minimum absolute atomic E-state index is 0.123. The molecule has 0 bridgehead atoms. The molecule has 4 rings (SSSR count). The van der Waals surface area contributed by atoms with Gasteiger partial charge in [-0.2, -0.15) is 0 Å². The Kier molecular flexibility index (Phi) is 8.43. The van der Waals surface area contributed by atoms with Crippen LogP contribution in [-0.4, -0.2) is 10.9 Å². The molecule has 1 unspecified atom stereocenters. The Balaban J connectivity index is 1.42. The molecule has 0 radical (unpaired) electrons. The number of rotatable bonds is 8. The molecular formula is C34H40N2O. The highest BCUT2D eigenvalue weighted by Crippen LogP contribution is 2.47. The molecule has 1 aromatic heterocycles. The molecule has 1 heterocycles. The molecule has 1 saturated carbocycles. The van der Waals surface area contributed by atoms with Crippen LogP contribution >= 0.6 is 0 Å². The van der Waals surface area contributed by atoms with Gasteiger partial charge in [-0.3, -0.25) is 9.78 Å². The summed E-state index contributed by atoms with van der Waals surface area (Å²) in [5.74, 6) is 1.01. The molecule has 3 heteroatoms. The van der Waals surface area contributed by atoms with Crippen LogP contribution in [0.5, 0.6) is 0 Å². The summed E-state index contributed by atoms with van der Waals surface area (Å²) in [4.78, 5) is 17.1. The van der Waals surface area contributed by atoms with Gasteiger partial charge in [-0.25, -0.2) is 0 Å². The number of hydrogen-bond donors (Lipinski definition) is 1. The molecule has 0 aliphatic heterocycles. The van der Waals surface area contributed by atoms with Gasteiger partial charge in [0.05, 0.1) is 0 Å². The SMILES string of the molecule is CC1=C(/C=C/C(C)=C/C=C/C(C)=C\C(=O)Nc2ccccc2)C(C)(C)CCC1c1ccc(C2CC2)cn1. The summed E-state index contributed by atoms with van der Waals surface area (Å²) in [6, 6.07) is 14.0. The maximum absolute atomic E-state index is 12.2. The van der Waals surface area contributed by atoms with Gasteiger partial charge in [-0.1, -0.05) is 79.6 Å². The molecule has 1 N–H and O–H groups in total. The summed E-state index contributed by atoms with van der Waals surface area (Å²) < 4.78 is 0. The minimum atomic E-state index is -0.123. The first-order chi connectivity index (χ1) is 17.7. The van der Waals surface area contributed by atoms with Crippen LogP contribution in [0, 0.1) is 5.41 Å². The maximum atomic E-state index is 12.2. The fraction of sp³-hybridized carbons (Fsp3) is 0.353. The number of hydrogen-bond acceptors (Lipinski definition) is 2. The van der Waals surface area contributed by atoms with Crippen molar-refractivity contribution in [2.24, 2.45) is 5.41 Å². The number of benzene rings is 1. The lowest BCUT2D eigenvalue weighted by atomic mass is 9.68. The van der Waals surface area contributed by atoms with Crippen molar-refractivity contribution in [3.05, 3.63) is 119 Å². The van der Waals surface area contributed by atoms with Gasteiger partial charge in [-0.05, 0) is 92.7 Å². The molecule has 1 atom stereocenters. The Hall–Kier alpha value is -3.46. The number of carbonyl (C=O) groups excluding carboxylic acids is 1. The number of carbonyl (C=O) groups is 1. The summed E-state index contributed by atoms with van der Waals surface area (Å²) in [5, 5.41) is 2.88. The van der Waals surface area contributed by atoms with E-state index in [-0.39, 0.29) is 11.3 Å². The predicted octanol–water partition coefficient (Wildman–Crippen LogP) is 8.82. The molecule has 1 aromatic carbocycles. The van der Waals surface area contributed by atoms with Crippen molar-refractivity contribution in [3.63, 3.8) is 0 Å². The van der Waals surface area contributed by atoms with Crippen LogP contribution in [0.2, 0.25) is 0 Å². The molecule has 192 valence electrons. The number of pyridine rings is 1. The number of nitrogens with zero attached hydrogens (tertiary/aromatic N) is 1. The average Bonchev–Trinajstić information content (AvgIpc) is 3.70. The van der Waals surface area contributed by atoms with E-state index in [9.17, 15) is 4.79 Å². The highest BCUT2D eigenvalue weighted by molar-refractivity contribution is 5.99. The third kappa shape index (κ3) is 7.29. The Labute approximate surface area is 222 Å². The second-order valence-electron chi connectivity index (χ2n) is 11.2. The molecule has 3 nitrogen and oxygen atoms in total. The van der Waals surface area contributed by atoms with Crippen molar-refractivity contribution in [1.82, 2.24) is 4.98 Å². The van der Waals surface area contributed by atoms with Crippen molar-refractivity contribution in [2.75, 3.05) is 5.32 Å². The van der Waals surface area contributed by atoms with Crippen LogP contribution in [-0.2, 0) is 4.79 Å². The van der Waals surface area contributed by atoms with Crippen molar-refractivity contribution in [2.45, 2.75) is 72.1 Å². The molecule has 0 saturated heterocycles. The molecule has 2 aromatic rings. The summed E-state index contributed by atoms with van der Waals surface area (Å²) in [5.41, 5.74) is 8.47. The monoisotopic (exact) mass is 492 g/mol. The third-order valence-corrected chi connectivity index (χ3v) is 7.58. The fourth-order valence-electron chi connectivity index (χ4n) is 5.16. The third-order valence-electron chi connectivity index (χ3n) is 7.58. The van der Waals surface area contributed by atoms with Crippen molar-refractivity contribution < 1.29 is 4.79 Å². The van der Waals surface area contributed by atoms with Crippen LogP contribution < -0.4 is 5.32 Å². The Morgan fingerprint density at radius 2 is 1.76 bits per heavy atom. The van der Waals surface area contributed by atoms with Gasteiger partial charge in [0.2, 0.25) is 5.91 Å². The van der Waals surface area contributed by atoms with Crippen LogP contribution in [0.1, 0.15) is 83.4 Å². The fourth-order valence-corrected chi connectivity index (χ4v) is 5.16. The molecule has 37 heavy (non-hydrogen) atoms. The Bertz CT molecular complexity index is 1250. The number of allylic oxidation sites excluding steroid dienone is 9. The number of anilines is 1. The lowest BCUT2D eigenvalue weighted by Gasteiger charge is -2.37. The molecule has 2 aliphatic rings. The van der Waals surface area contributed by atoms with E-state index in [2.05, 4.69) is 69.6 Å². The first-order valence-corrected chi connectivity index (χ1v) is 13.5. The van der Waals surface area contributed by atoms with Gasteiger partial charge in [0.1, 0.15) is 0 Å². The first kappa shape index (κ1) is 26.6. The smallest absolute Gasteiger partial charge is 0.248 e. The highest BCUT2D eigenvalue weighted by Gasteiger charge is 2.33. The van der Waals surface area contributed by atoms with Gasteiger partial charge in [0.15, 0.2) is 0 Å². The van der Waals surface area contributed by atoms with E-state index in [1.54, 1.807) is 6.08 Å². The van der Waals surface area contributed by atoms with Gasteiger partial charge in [-0.15, -0.1) is 0 Å². The number of amides is 1. The van der Waals surface area contributed by atoms with Crippen LogP contribution in [0.4, 0.5) is 5.69 Å². The predicted molar refractivity (Wildman–Crippen MR) is 156 cm³/mol. The van der Waals surface area contributed by atoms with E-state index < -0.39 is 0 Å². The molecule has 2 aliphatic carbocycles. The van der Waals surface area contributed by atoms with Crippen LogP contribution in [0.15, 0.2) is 107 Å². The Morgan fingerprint density at radius 3 is 2.43 bits per heavy atom. The normalized spacial score (nSPS) is 20.6. The van der Waals surface area contributed by atoms with Crippen molar-refractivity contribution >= 4 is 11.6 Å². The van der Waals surface area contributed by atoms with Crippen molar-refractivity contribution in [3.8, 4) is 0 Å². The summed E-state index contributed by atoms with van der Waals surface area (Å²) >= 11 is 0. The largest absolute Gasteiger partial charge is 0.323 e. The van der Waals surface area contributed by atoms with Crippen LogP contribution in [0.3, 0.4) is 0 Å². The van der Waals surface area contributed by atoms with Gasteiger partial charge < -0.3 is 5.32 Å². The van der Waals surface area contributed by atoms with E-state index in [0.29, 0.717) is 5.92 Å². The van der Waals surface area contributed by atoms with E-state index in [0.717, 1.165) is 30.0 Å². The second-order valence-corrected chi connectivity index (χ2v) is 11.2. The number of para-hydroxylation sites is 1. The average molecular weight is 493 g/mol. The molecule has 0 spiro atoms. The lowest BCUT2D eigenvalue weighted by Crippen LogP contribution is -2.24. The van der Waals surface area contributed by atoms with Crippen molar-refractivity contribution in [1.29, 1.82) is 0 Å². The Morgan fingerprint density at radius 1 is 1.00 bits per heavy atom. The quantitative estimate of drug-likeness (QED) is 0.295. The zero-order chi connectivity index (χ0) is 26.4. The lowest BCUT2D eigenvalue weighted by molar-refractivity contribution is -0.111. The number of aromatic nitrogens is 1. The topological polar surface area (TPSA) is 42.0 Å². The highest BCUT2D eigenvalue weighted by atomic mass is 16.1. The standard InChI is InChI=1S/C34H40N2O/c1-24(10-9-11-25(2)22-33(37)36-29-12-7-6-8-13-29)14-18-31-26(3)30(20-21-34(31,4)5)32-19-17-28(23-35-32)27-15-16-27/h6-14,17-19,22-23,27,30H,15-16,20-21H2,1-5H3,(H,36,37)/b11-9+,18-14+,24-10+,25-22-. The second kappa shape index (κ2) is 11.7.